The maximum atomic E-state index is 8.53. The van der Waals surface area contributed by atoms with Gasteiger partial charge in [-0.05, 0) is 25.2 Å². The first-order valence-corrected chi connectivity index (χ1v) is 5.53. The summed E-state index contributed by atoms with van der Waals surface area (Å²) in [5, 5.41) is 8.53. The Bertz CT molecular complexity index is 90.1. The van der Waals surface area contributed by atoms with Gasteiger partial charge in [0.25, 0.3) is 0 Å². The monoisotopic (exact) mass is 188 g/mol. The molecule has 0 aromatic carbocycles. The molecule has 0 heterocycles. The number of aliphatic hydroxyl groups is 1. The number of hydrogen-bond donors (Lipinski definition) is 1. The SMILES string of the molecule is CCC(CC)CCOCCCCO. The predicted octanol–water partition coefficient (Wildman–Crippen LogP) is 2.60. The lowest BCUT2D eigenvalue weighted by molar-refractivity contribution is 0.111. The van der Waals surface area contributed by atoms with Crippen LogP contribution in [0.2, 0.25) is 0 Å². The van der Waals surface area contributed by atoms with Crippen molar-refractivity contribution in [1.82, 2.24) is 0 Å². The molecule has 0 rings (SSSR count). The lowest BCUT2D eigenvalue weighted by Gasteiger charge is -2.11. The topological polar surface area (TPSA) is 29.5 Å². The lowest BCUT2D eigenvalue weighted by atomic mass is 10.0. The zero-order valence-electron chi connectivity index (χ0n) is 9.09. The van der Waals surface area contributed by atoms with Crippen molar-refractivity contribution in [2.75, 3.05) is 19.8 Å². The van der Waals surface area contributed by atoms with Crippen molar-refractivity contribution in [3.63, 3.8) is 0 Å². The Morgan fingerprint density at radius 1 is 1.08 bits per heavy atom. The number of aliphatic hydroxyl groups excluding tert-OH is 1. The quantitative estimate of drug-likeness (QED) is 0.564. The fourth-order valence-electron chi connectivity index (χ4n) is 1.36. The molecule has 0 unspecified atom stereocenters. The molecular formula is C11H24O2. The van der Waals surface area contributed by atoms with E-state index in [9.17, 15) is 0 Å². The van der Waals surface area contributed by atoms with Gasteiger partial charge in [-0.2, -0.15) is 0 Å². The third-order valence-corrected chi connectivity index (χ3v) is 2.52. The van der Waals surface area contributed by atoms with Crippen molar-refractivity contribution >= 4 is 0 Å². The first kappa shape index (κ1) is 12.9. The van der Waals surface area contributed by atoms with Gasteiger partial charge in [0, 0.05) is 19.8 Å². The van der Waals surface area contributed by atoms with E-state index in [0.29, 0.717) is 0 Å². The van der Waals surface area contributed by atoms with E-state index in [1.807, 2.05) is 0 Å². The van der Waals surface area contributed by atoms with Crippen LogP contribution in [0.25, 0.3) is 0 Å². The van der Waals surface area contributed by atoms with E-state index >= 15 is 0 Å². The van der Waals surface area contributed by atoms with Crippen LogP contribution in [-0.2, 0) is 4.74 Å². The van der Waals surface area contributed by atoms with Gasteiger partial charge in [0.2, 0.25) is 0 Å². The van der Waals surface area contributed by atoms with Crippen LogP contribution in [0.5, 0.6) is 0 Å². The Morgan fingerprint density at radius 2 is 1.77 bits per heavy atom. The molecule has 0 aromatic heterocycles. The average molecular weight is 188 g/mol. The summed E-state index contributed by atoms with van der Waals surface area (Å²) in [6, 6.07) is 0. The van der Waals surface area contributed by atoms with E-state index in [4.69, 9.17) is 9.84 Å². The minimum Gasteiger partial charge on any atom is -0.396 e. The summed E-state index contributed by atoms with van der Waals surface area (Å²) in [5.74, 6) is 0.831. The fraction of sp³-hybridized carbons (Fsp3) is 1.00. The van der Waals surface area contributed by atoms with Gasteiger partial charge in [0.1, 0.15) is 0 Å². The van der Waals surface area contributed by atoms with Gasteiger partial charge in [-0.3, -0.25) is 0 Å². The molecule has 0 aliphatic rings. The normalized spacial score (nSPS) is 11.1. The summed E-state index contributed by atoms with van der Waals surface area (Å²) in [5.41, 5.74) is 0. The Morgan fingerprint density at radius 3 is 2.31 bits per heavy atom. The second-order valence-corrected chi connectivity index (χ2v) is 3.51. The third kappa shape index (κ3) is 8.26. The average Bonchev–Trinajstić information content (AvgIpc) is 2.17. The van der Waals surface area contributed by atoms with Crippen LogP contribution >= 0.6 is 0 Å². The van der Waals surface area contributed by atoms with Gasteiger partial charge in [-0.25, -0.2) is 0 Å². The van der Waals surface area contributed by atoms with Gasteiger partial charge in [0.15, 0.2) is 0 Å². The highest BCUT2D eigenvalue weighted by Gasteiger charge is 2.01. The van der Waals surface area contributed by atoms with Gasteiger partial charge in [-0.15, -0.1) is 0 Å². The van der Waals surface area contributed by atoms with E-state index in [1.54, 1.807) is 0 Å². The summed E-state index contributed by atoms with van der Waals surface area (Å²) in [4.78, 5) is 0. The van der Waals surface area contributed by atoms with Gasteiger partial charge in [-0.1, -0.05) is 26.7 Å². The van der Waals surface area contributed by atoms with Crippen LogP contribution in [0.15, 0.2) is 0 Å². The molecule has 1 N–H and O–H groups in total. The van der Waals surface area contributed by atoms with E-state index in [0.717, 1.165) is 32.0 Å². The van der Waals surface area contributed by atoms with E-state index < -0.39 is 0 Å². The summed E-state index contributed by atoms with van der Waals surface area (Å²) >= 11 is 0. The number of unbranched alkanes of at least 4 members (excludes halogenated alkanes) is 1. The highest BCUT2D eigenvalue weighted by molar-refractivity contribution is 4.53. The molecule has 0 spiro atoms. The standard InChI is InChI=1S/C11H24O2/c1-3-11(4-2)7-10-13-9-6-5-8-12/h11-12H,3-10H2,1-2H3. The summed E-state index contributed by atoms with van der Waals surface area (Å²) in [7, 11) is 0. The van der Waals surface area contributed by atoms with Crippen LogP contribution in [0.1, 0.15) is 46.0 Å². The molecule has 0 fully saturated rings. The van der Waals surface area contributed by atoms with Gasteiger partial charge < -0.3 is 9.84 Å². The lowest BCUT2D eigenvalue weighted by Crippen LogP contribution is -2.04. The summed E-state index contributed by atoms with van der Waals surface area (Å²) in [6.07, 6.45) is 5.56. The van der Waals surface area contributed by atoms with Gasteiger partial charge in [0.05, 0.1) is 0 Å². The van der Waals surface area contributed by atoms with Crippen LogP contribution in [0.3, 0.4) is 0 Å². The third-order valence-electron chi connectivity index (χ3n) is 2.52. The van der Waals surface area contributed by atoms with Crippen LogP contribution in [0.4, 0.5) is 0 Å². The molecule has 0 saturated heterocycles. The Labute approximate surface area is 82.3 Å². The van der Waals surface area contributed by atoms with E-state index in [2.05, 4.69) is 13.8 Å². The molecule has 0 aliphatic carbocycles. The van der Waals surface area contributed by atoms with Gasteiger partial charge >= 0.3 is 0 Å². The molecule has 2 heteroatoms. The molecule has 0 radical (unpaired) electrons. The molecule has 0 aliphatic heterocycles. The van der Waals surface area contributed by atoms with Crippen molar-refractivity contribution in [3.8, 4) is 0 Å². The molecule has 0 aromatic rings. The van der Waals surface area contributed by atoms with Crippen LogP contribution in [0, 0.1) is 5.92 Å². The Kier molecular flexibility index (Phi) is 9.94. The highest BCUT2D eigenvalue weighted by atomic mass is 16.5. The molecule has 2 nitrogen and oxygen atoms in total. The predicted molar refractivity (Wildman–Crippen MR) is 55.8 cm³/mol. The fourth-order valence-corrected chi connectivity index (χ4v) is 1.36. The first-order chi connectivity index (χ1) is 6.35. The van der Waals surface area contributed by atoms with Crippen molar-refractivity contribution < 1.29 is 9.84 Å². The number of hydrogen-bond acceptors (Lipinski definition) is 2. The largest absolute Gasteiger partial charge is 0.396 e. The van der Waals surface area contributed by atoms with Crippen molar-refractivity contribution in [3.05, 3.63) is 0 Å². The maximum Gasteiger partial charge on any atom is 0.0468 e. The highest BCUT2D eigenvalue weighted by Crippen LogP contribution is 2.11. The van der Waals surface area contributed by atoms with Crippen LogP contribution in [-0.4, -0.2) is 24.9 Å². The summed E-state index contributed by atoms with van der Waals surface area (Å²) < 4.78 is 5.46. The molecular weight excluding hydrogens is 164 g/mol. The molecule has 13 heavy (non-hydrogen) atoms. The minimum absolute atomic E-state index is 0.288. The number of ether oxygens (including phenoxy) is 1. The Balaban J connectivity index is 3.05. The minimum atomic E-state index is 0.288. The van der Waals surface area contributed by atoms with Crippen LogP contribution < -0.4 is 0 Å². The molecule has 0 amide bonds. The summed E-state index contributed by atoms with van der Waals surface area (Å²) in [6.45, 7) is 6.45. The van der Waals surface area contributed by atoms with E-state index in [-0.39, 0.29) is 6.61 Å². The molecule has 80 valence electrons. The molecule has 0 saturated carbocycles. The van der Waals surface area contributed by atoms with Crippen molar-refractivity contribution in [2.24, 2.45) is 5.92 Å². The second kappa shape index (κ2) is 10.0. The van der Waals surface area contributed by atoms with Crippen molar-refractivity contribution in [2.45, 2.75) is 46.0 Å². The second-order valence-electron chi connectivity index (χ2n) is 3.51. The molecule has 0 atom stereocenters. The van der Waals surface area contributed by atoms with Crippen molar-refractivity contribution in [1.29, 1.82) is 0 Å². The smallest absolute Gasteiger partial charge is 0.0468 e. The molecule has 0 bridgehead atoms. The first-order valence-electron chi connectivity index (χ1n) is 5.53. The van der Waals surface area contributed by atoms with E-state index in [1.165, 1.54) is 19.3 Å². The number of rotatable bonds is 9. The Hall–Kier alpha value is -0.0800. The zero-order valence-corrected chi connectivity index (χ0v) is 9.09. The zero-order chi connectivity index (χ0) is 9.94. The maximum absolute atomic E-state index is 8.53.